The zero-order valence-corrected chi connectivity index (χ0v) is 13.1. The van der Waals surface area contributed by atoms with Crippen molar-refractivity contribution in [1.29, 1.82) is 0 Å². The molecule has 0 aliphatic heterocycles. The SMILES string of the molecule is Cc1nc(CS(=O)(=O)CC2CCCC2)nc2ccccc12. The molecule has 1 saturated carbocycles. The third kappa shape index (κ3) is 3.40. The molecular weight excluding hydrogens is 284 g/mol. The van der Waals surface area contributed by atoms with Crippen molar-refractivity contribution in [2.75, 3.05) is 5.75 Å². The maximum Gasteiger partial charge on any atom is 0.157 e. The van der Waals surface area contributed by atoms with Crippen LogP contribution < -0.4 is 0 Å². The van der Waals surface area contributed by atoms with Crippen molar-refractivity contribution in [3.8, 4) is 0 Å². The summed E-state index contributed by atoms with van der Waals surface area (Å²) in [7, 11) is -3.13. The third-order valence-corrected chi connectivity index (χ3v) is 5.83. The van der Waals surface area contributed by atoms with Crippen molar-refractivity contribution in [2.24, 2.45) is 5.92 Å². The maximum atomic E-state index is 12.3. The highest BCUT2D eigenvalue weighted by molar-refractivity contribution is 7.90. The highest BCUT2D eigenvalue weighted by Gasteiger charge is 2.24. The Hall–Kier alpha value is -1.49. The minimum absolute atomic E-state index is 0.0465. The van der Waals surface area contributed by atoms with Gasteiger partial charge in [-0.15, -0.1) is 0 Å². The Kier molecular flexibility index (Phi) is 3.93. The average molecular weight is 304 g/mol. The molecule has 21 heavy (non-hydrogen) atoms. The second kappa shape index (κ2) is 5.72. The van der Waals surface area contributed by atoms with Crippen LogP contribution in [0.2, 0.25) is 0 Å². The fourth-order valence-electron chi connectivity index (χ4n) is 3.15. The normalized spacial score (nSPS) is 16.6. The number of rotatable bonds is 4. The lowest BCUT2D eigenvalue weighted by atomic mass is 10.1. The van der Waals surface area contributed by atoms with Crippen LogP contribution in [-0.2, 0) is 15.6 Å². The molecule has 0 N–H and O–H groups in total. The molecular formula is C16H20N2O2S. The minimum atomic E-state index is -3.13. The van der Waals surface area contributed by atoms with E-state index in [1.807, 2.05) is 31.2 Å². The predicted octanol–water partition coefficient (Wildman–Crippen LogP) is 3.04. The van der Waals surface area contributed by atoms with Gasteiger partial charge in [0.15, 0.2) is 9.84 Å². The van der Waals surface area contributed by atoms with E-state index in [0.717, 1.165) is 42.3 Å². The van der Waals surface area contributed by atoms with E-state index in [2.05, 4.69) is 9.97 Å². The average Bonchev–Trinajstić information content (AvgIpc) is 2.90. The lowest BCUT2D eigenvalue weighted by Crippen LogP contribution is -2.17. The van der Waals surface area contributed by atoms with E-state index in [-0.39, 0.29) is 11.5 Å². The van der Waals surface area contributed by atoms with E-state index in [4.69, 9.17) is 0 Å². The van der Waals surface area contributed by atoms with Crippen LogP contribution in [0.4, 0.5) is 0 Å². The second-order valence-corrected chi connectivity index (χ2v) is 8.06. The van der Waals surface area contributed by atoms with Crippen molar-refractivity contribution >= 4 is 20.7 Å². The number of nitrogens with zero attached hydrogens (tertiary/aromatic N) is 2. The standard InChI is InChI=1S/C16H20N2O2S/c1-12-14-8-4-5-9-15(14)18-16(17-12)11-21(19,20)10-13-6-2-3-7-13/h4-5,8-9,13H,2-3,6-7,10-11H2,1H3. The molecule has 1 heterocycles. The summed E-state index contributed by atoms with van der Waals surface area (Å²) in [6.07, 6.45) is 4.39. The molecule has 1 aliphatic rings. The summed E-state index contributed by atoms with van der Waals surface area (Å²) < 4.78 is 24.6. The molecule has 0 saturated heterocycles. The highest BCUT2D eigenvalue weighted by atomic mass is 32.2. The quantitative estimate of drug-likeness (QED) is 0.871. The number of aromatic nitrogens is 2. The predicted molar refractivity (Wildman–Crippen MR) is 83.7 cm³/mol. The van der Waals surface area contributed by atoms with Crippen LogP contribution in [0, 0.1) is 12.8 Å². The molecule has 0 amide bonds. The molecule has 0 radical (unpaired) electrons. The lowest BCUT2D eigenvalue weighted by molar-refractivity contribution is 0.557. The summed E-state index contributed by atoms with van der Waals surface area (Å²) in [5.74, 6) is 0.984. The van der Waals surface area contributed by atoms with E-state index in [9.17, 15) is 8.42 Å². The van der Waals surface area contributed by atoms with E-state index in [1.165, 1.54) is 0 Å². The molecule has 1 fully saturated rings. The van der Waals surface area contributed by atoms with Crippen molar-refractivity contribution in [2.45, 2.75) is 38.4 Å². The monoisotopic (exact) mass is 304 g/mol. The fraction of sp³-hybridized carbons (Fsp3) is 0.500. The van der Waals surface area contributed by atoms with Crippen LogP contribution in [0.15, 0.2) is 24.3 Å². The Balaban J connectivity index is 1.83. The van der Waals surface area contributed by atoms with E-state index >= 15 is 0 Å². The maximum absolute atomic E-state index is 12.3. The van der Waals surface area contributed by atoms with Crippen molar-refractivity contribution < 1.29 is 8.42 Å². The summed E-state index contributed by atoms with van der Waals surface area (Å²) >= 11 is 0. The summed E-state index contributed by atoms with van der Waals surface area (Å²) in [5, 5.41) is 0.981. The molecule has 0 bridgehead atoms. The van der Waals surface area contributed by atoms with Crippen molar-refractivity contribution in [3.05, 3.63) is 35.8 Å². The van der Waals surface area contributed by atoms with E-state index < -0.39 is 9.84 Å². The first-order valence-corrected chi connectivity index (χ1v) is 9.28. The zero-order valence-electron chi connectivity index (χ0n) is 12.2. The molecule has 4 nitrogen and oxygen atoms in total. The summed E-state index contributed by atoms with van der Waals surface area (Å²) in [6, 6.07) is 7.71. The van der Waals surface area contributed by atoms with Gasteiger partial charge in [-0.2, -0.15) is 0 Å². The Morgan fingerprint density at radius 2 is 1.86 bits per heavy atom. The van der Waals surface area contributed by atoms with E-state index in [0.29, 0.717) is 11.7 Å². The molecule has 2 aromatic rings. The topological polar surface area (TPSA) is 59.9 Å². The van der Waals surface area contributed by atoms with Gasteiger partial charge in [-0.25, -0.2) is 18.4 Å². The number of para-hydroxylation sites is 1. The largest absolute Gasteiger partial charge is 0.236 e. The van der Waals surface area contributed by atoms with Gasteiger partial charge in [0.1, 0.15) is 11.6 Å². The highest BCUT2D eigenvalue weighted by Crippen LogP contribution is 2.26. The van der Waals surface area contributed by atoms with Crippen molar-refractivity contribution in [1.82, 2.24) is 9.97 Å². The van der Waals surface area contributed by atoms with Gasteiger partial charge in [-0.05, 0) is 31.7 Å². The molecule has 112 valence electrons. The van der Waals surface area contributed by atoms with Gasteiger partial charge in [0.2, 0.25) is 0 Å². The number of fused-ring (bicyclic) bond motifs is 1. The van der Waals surface area contributed by atoms with Gasteiger partial charge in [0, 0.05) is 11.1 Å². The number of hydrogen-bond donors (Lipinski definition) is 0. The molecule has 1 aliphatic carbocycles. The van der Waals surface area contributed by atoms with Crippen molar-refractivity contribution in [3.63, 3.8) is 0 Å². The first-order valence-electron chi connectivity index (χ1n) is 7.46. The Bertz CT molecular complexity index is 750. The molecule has 0 atom stereocenters. The first-order chi connectivity index (χ1) is 10.0. The van der Waals surface area contributed by atoms with Gasteiger partial charge >= 0.3 is 0 Å². The van der Waals surface area contributed by atoms with Crippen LogP contribution in [0.5, 0.6) is 0 Å². The summed E-state index contributed by atoms with van der Waals surface area (Å²) in [5.41, 5.74) is 1.66. The van der Waals surface area contributed by atoms with Crippen LogP contribution in [0.25, 0.3) is 10.9 Å². The molecule has 0 spiro atoms. The Labute approximate surface area is 125 Å². The van der Waals surface area contributed by atoms with Gasteiger partial charge in [0.25, 0.3) is 0 Å². The second-order valence-electron chi connectivity index (χ2n) is 5.95. The number of benzene rings is 1. The van der Waals surface area contributed by atoms with Gasteiger partial charge in [-0.3, -0.25) is 0 Å². The van der Waals surface area contributed by atoms with Gasteiger partial charge in [0.05, 0.1) is 11.3 Å². The molecule has 0 unspecified atom stereocenters. The zero-order chi connectivity index (χ0) is 14.9. The number of aryl methyl sites for hydroxylation is 1. The van der Waals surface area contributed by atoms with Gasteiger partial charge in [-0.1, -0.05) is 31.0 Å². The summed E-state index contributed by atoms with van der Waals surface area (Å²) in [4.78, 5) is 8.78. The summed E-state index contributed by atoms with van der Waals surface area (Å²) in [6.45, 7) is 1.90. The molecule has 1 aromatic carbocycles. The third-order valence-electron chi connectivity index (χ3n) is 4.15. The van der Waals surface area contributed by atoms with Crippen LogP contribution in [0.1, 0.15) is 37.2 Å². The Morgan fingerprint density at radius 1 is 1.14 bits per heavy atom. The fourth-order valence-corrected chi connectivity index (χ4v) is 4.84. The first kappa shape index (κ1) is 14.4. The van der Waals surface area contributed by atoms with Crippen LogP contribution in [0.3, 0.4) is 0 Å². The smallest absolute Gasteiger partial charge is 0.157 e. The van der Waals surface area contributed by atoms with E-state index in [1.54, 1.807) is 0 Å². The molecule has 3 rings (SSSR count). The number of hydrogen-bond acceptors (Lipinski definition) is 4. The van der Waals surface area contributed by atoms with Crippen LogP contribution in [-0.4, -0.2) is 24.1 Å². The molecule has 1 aromatic heterocycles. The number of sulfone groups is 1. The van der Waals surface area contributed by atoms with Crippen LogP contribution >= 0.6 is 0 Å². The molecule has 5 heteroatoms. The Morgan fingerprint density at radius 3 is 2.62 bits per heavy atom. The lowest BCUT2D eigenvalue weighted by Gasteiger charge is -2.10. The van der Waals surface area contributed by atoms with Gasteiger partial charge < -0.3 is 0 Å². The minimum Gasteiger partial charge on any atom is -0.236 e.